The molecule has 0 radical (unpaired) electrons. The lowest BCUT2D eigenvalue weighted by molar-refractivity contribution is -0.127. The third-order valence-corrected chi connectivity index (χ3v) is 8.13. The molecule has 0 aliphatic heterocycles. The van der Waals surface area contributed by atoms with Crippen molar-refractivity contribution in [2.45, 2.75) is 58.8 Å². The van der Waals surface area contributed by atoms with Gasteiger partial charge in [-0.1, -0.05) is 17.4 Å². The highest BCUT2D eigenvalue weighted by Crippen LogP contribution is 2.61. The lowest BCUT2D eigenvalue weighted by Gasteiger charge is -2.56. The Hall–Kier alpha value is -1.53. The number of rotatable bonds is 3. The lowest BCUT2D eigenvalue weighted by Crippen LogP contribution is -2.48. The maximum atomic E-state index is 12.7. The zero-order valence-corrected chi connectivity index (χ0v) is 18.1. The van der Waals surface area contributed by atoms with Crippen LogP contribution in [0.5, 0.6) is 0 Å². The van der Waals surface area contributed by atoms with Gasteiger partial charge in [-0.15, -0.1) is 0 Å². The quantitative estimate of drug-likeness (QED) is 0.668. The van der Waals surface area contributed by atoms with Crippen LogP contribution in [-0.4, -0.2) is 16.0 Å². The van der Waals surface area contributed by atoms with E-state index in [0.29, 0.717) is 11.5 Å². The molecule has 0 spiro atoms. The number of amides is 1. The molecule has 0 saturated heterocycles. The summed E-state index contributed by atoms with van der Waals surface area (Å²) < 4.78 is 1.14. The van der Waals surface area contributed by atoms with Crippen LogP contribution in [0.25, 0.3) is 10.2 Å². The third kappa shape index (κ3) is 3.45. The van der Waals surface area contributed by atoms with E-state index in [9.17, 15) is 4.79 Å². The van der Waals surface area contributed by atoms with Gasteiger partial charge in [-0.25, -0.2) is 4.98 Å². The fourth-order valence-electron chi connectivity index (χ4n) is 6.57. The van der Waals surface area contributed by atoms with E-state index in [2.05, 4.69) is 41.6 Å². The first kappa shape index (κ1) is 18.5. The molecule has 6 heteroatoms. The van der Waals surface area contributed by atoms with Crippen LogP contribution < -0.4 is 10.6 Å². The van der Waals surface area contributed by atoms with Crippen molar-refractivity contribution in [2.24, 2.45) is 23.2 Å². The summed E-state index contributed by atoms with van der Waals surface area (Å²) in [6.07, 6.45) is 8.54. The average Bonchev–Trinajstić information content (AvgIpc) is 2.94. The summed E-state index contributed by atoms with van der Waals surface area (Å²) in [5.41, 5.74) is 3.63. The smallest absolute Gasteiger partial charge is 0.226 e. The van der Waals surface area contributed by atoms with Crippen molar-refractivity contribution in [3.8, 4) is 0 Å². The molecule has 4 aliphatic rings. The highest BCUT2D eigenvalue weighted by molar-refractivity contribution is 7.80. The summed E-state index contributed by atoms with van der Waals surface area (Å²) in [6, 6.07) is 4.28. The van der Waals surface area contributed by atoms with Crippen molar-refractivity contribution in [2.75, 3.05) is 5.32 Å². The predicted octanol–water partition coefficient (Wildman–Crippen LogP) is 5.33. The standard InChI is InChI=1S/C22H27N3OS2/c1-12-3-13(2)19-17(4-12)28-21(24-19)25-20(27)23-18(26)11-22-8-14-5-15(9-22)7-16(6-14)10-22/h3-4,14-16H,5-11H2,1-2H3,(H2,23,24,25,26,27). The molecule has 4 aliphatic carbocycles. The van der Waals surface area contributed by atoms with Gasteiger partial charge in [-0.05, 0) is 105 Å². The Morgan fingerprint density at radius 1 is 1.18 bits per heavy atom. The molecule has 1 heterocycles. The number of aromatic nitrogens is 1. The fraction of sp³-hybridized carbons (Fsp3) is 0.591. The highest BCUT2D eigenvalue weighted by atomic mass is 32.1. The summed E-state index contributed by atoms with van der Waals surface area (Å²) in [7, 11) is 0. The third-order valence-electron chi connectivity index (χ3n) is 7.00. The zero-order valence-electron chi connectivity index (χ0n) is 16.5. The molecule has 4 bridgehead atoms. The van der Waals surface area contributed by atoms with E-state index >= 15 is 0 Å². The molecule has 6 rings (SSSR count). The number of nitrogens with one attached hydrogen (secondary N) is 2. The number of hydrogen-bond acceptors (Lipinski definition) is 4. The molecule has 1 amide bonds. The van der Waals surface area contributed by atoms with E-state index in [-0.39, 0.29) is 11.3 Å². The number of carbonyl (C=O) groups is 1. The SMILES string of the molecule is Cc1cc(C)c2nc(NC(=S)NC(=O)CC34CC5CC(CC(C5)C3)C4)sc2c1. The van der Waals surface area contributed by atoms with Gasteiger partial charge in [0, 0.05) is 6.42 Å². The van der Waals surface area contributed by atoms with Gasteiger partial charge < -0.3 is 10.6 Å². The minimum absolute atomic E-state index is 0.0626. The molecule has 4 fully saturated rings. The monoisotopic (exact) mass is 413 g/mol. The van der Waals surface area contributed by atoms with Crippen LogP contribution in [0.3, 0.4) is 0 Å². The van der Waals surface area contributed by atoms with E-state index in [1.165, 1.54) is 44.1 Å². The van der Waals surface area contributed by atoms with Crippen LogP contribution in [0.2, 0.25) is 0 Å². The van der Waals surface area contributed by atoms with Crippen LogP contribution in [0.1, 0.15) is 56.1 Å². The Kier molecular flexibility index (Phi) is 4.47. The van der Waals surface area contributed by atoms with Crippen molar-refractivity contribution in [3.05, 3.63) is 23.3 Å². The largest absolute Gasteiger partial charge is 0.308 e. The number of hydrogen-bond donors (Lipinski definition) is 2. The second-order valence-corrected chi connectivity index (χ2v) is 11.0. The number of nitrogens with zero attached hydrogens (tertiary/aromatic N) is 1. The van der Waals surface area contributed by atoms with Gasteiger partial charge in [0.25, 0.3) is 0 Å². The Morgan fingerprint density at radius 3 is 2.46 bits per heavy atom. The zero-order chi connectivity index (χ0) is 19.5. The van der Waals surface area contributed by atoms with Crippen molar-refractivity contribution in [1.29, 1.82) is 0 Å². The molecule has 148 valence electrons. The summed E-state index contributed by atoms with van der Waals surface area (Å²) in [5, 5.41) is 7.15. The summed E-state index contributed by atoms with van der Waals surface area (Å²) in [4.78, 5) is 17.4. The van der Waals surface area contributed by atoms with Crippen molar-refractivity contribution >= 4 is 49.9 Å². The van der Waals surface area contributed by atoms with Gasteiger partial charge in [0.2, 0.25) is 5.91 Å². The van der Waals surface area contributed by atoms with Gasteiger partial charge in [0.1, 0.15) is 0 Å². The van der Waals surface area contributed by atoms with Gasteiger partial charge >= 0.3 is 0 Å². The van der Waals surface area contributed by atoms with Crippen LogP contribution in [0.4, 0.5) is 5.13 Å². The highest BCUT2D eigenvalue weighted by Gasteiger charge is 2.51. The van der Waals surface area contributed by atoms with Gasteiger partial charge in [-0.2, -0.15) is 0 Å². The fourth-order valence-corrected chi connectivity index (χ4v) is 7.89. The minimum atomic E-state index is 0.0626. The van der Waals surface area contributed by atoms with E-state index in [4.69, 9.17) is 12.2 Å². The van der Waals surface area contributed by atoms with E-state index in [1.54, 1.807) is 11.3 Å². The van der Waals surface area contributed by atoms with Gasteiger partial charge in [-0.3, -0.25) is 4.79 Å². The first-order chi connectivity index (χ1) is 13.4. The summed E-state index contributed by atoms with van der Waals surface area (Å²) >= 11 is 6.98. The summed E-state index contributed by atoms with van der Waals surface area (Å²) in [5.74, 6) is 2.64. The van der Waals surface area contributed by atoms with Crippen LogP contribution in [0, 0.1) is 37.0 Å². The molecule has 0 unspecified atom stereocenters. The maximum absolute atomic E-state index is 12.7. The van der Waals surface area contributed by atoms with Crippen molar-refractivity contribution in [1.82, 2.24) is 10.3 Å². The van der Waals surface area contributed by atoms with Crippen molar-refractivity contribution < 1.29 is 4.79 Å². The van der Waals surface area contributed by atoms with Gasteiger partial charge in [0.15, 0.2) is 10.2 Å². The molecule has 4 nitrogen and oxygen atoms in total. The molecule has 2 N–H and O–H groups in total. The molecule has 0 atom stereocenters. The number of anilines is 1. The van der Waals surface area contributed by atoms with Crippen LogP contribution in [0.15, 0.2) is 12.1 Å². The molecular weight excluding hydrogens is 386 g/mol. The minimum Gasteiger partial charge on any atom is -0.308 e. The molecule has 2 aromatic rings. The van der Waals surface area contributed by atoms with E-state index < -0.39 is 0 Å². The van der Waals surface area contributed by atoms with Crippen LogP contribution >= 0.6 is 23.6 Å². The maximum Gasteiger partial charge on any atom is 0.226 e. The van der Waals surface area contributed by atoms with Gasteiger partial charge in [0.05, 0.1) is 10.2 Å². The predicted molar refractivity (Wildman–Crippen MR) is 119 cm³/mol. The normalized spacial score (nSPS) is 30.6. The molecule has 28 heavy (non-hydrogen) atoms. The number of aryl methyl sites for hydroxylation is 2. The number of thiocarbonyl (C=S) groups is 1. The number of carbonyl (C=O) groups excluding carboxylic acids is 1. The Labute approximate surface area is 175 Å². The van der Waals surface area contributed by atoms with Crippen LogP contribution in [-0.2, 0) is 4.79 Å². The molecular formula is C22H27N3OS2. The average molecular weight is 414 g/mol. The lowest BCUT2D eigenvalue weighted by atomic mass is 9.49. The first-order valence-corrected chi connectivity index (χ1v) is 11.6. The van der Waals surface area contributed by atoms with E-state index in [1.807, 2.05) is 0 Å². The second kappa shape index (κ2) is 6.77. The first-order valence-electron chi connectivity index (χ1n) is 10.4. The Morgan fingerprint density at radius 2 is 1.82 bits per heavy atom. The number of benzene rings is 1. The molecule has 1 aromatic carbocycles. The number of thiazole rings is 1. The Balaban J connectivity index is 1.22. The molecule has 4 saturated carbocycles. The Bertz CT molecular complexity index is 929. The second-order valence-electron chi connectivity index (χ2n) is 9.54. The topological polar surface area (TPSA) is 54.0 Å². The summed E-state index contributed by atoms with van der Waals surface area (Å²) in [6.45, 7) is 4.17. The van der Waals surface area contributed by atoms with E-state index in [0.717, 1.165) is 38.7 Å². The number of fused-ring (bicyclic) bond motifs is 1. The van der Waals surface area contributed by atoms with Crippen molar-refractivity contribution in [3.63, 3.8) is 0 Å². The molecule has 1 aromatic heterocycles.